The van der Waals surface area contributed by atoms with Crippen molar-refractivity contribution in [1.29, 1.82) is 0 Å². The van der Waals surface area contributed by atoms with Crippen LogP contribution in [0, 0.1) is 5.92 Å². The van der Waals surface area contributed by atoms with Crippen molar-refractivity contribution in [2.45, 2.75) is 19.8 Å². The maximum atomic E-state index is 11.6. The van der Waals surface area contributed by atoms with Crippen molar-refractivity contribution in [3.63, 3.8) is 0 Å². The molecule has 0 saturated heterocycles. The van der Waals surface area contributed by atoms with Crippen molar-refractivity contribution >= 4 is 17.3 Å². The zero-order valence-corrected chi connectivity index (χ0v) is 10.2. The fourth-order valence-electron chi connectivity index (χ4n) is 1.67. The van der Waals surface area contributed by atoms with Crippen LogP contribution in [-0.2, 0) is 4.79 Å². The highest BCUT2D eigenvalue weighted by Gasteiger charge is 2.29. The predicted molar refractivity (Wildman–Crippen MR) is 68.5 cm³/mol. The van der Waals surface area contributed by atoms with E-state index in [2.05, 4.69) is 10.6 Å². The molecule has 0 radical (unpaired) electrons. The van der Waals surface area contributed by atoms with Gasteiger partial charge in [0.25, 0.3) is 0 Å². The number of amides is 1. The lowest BCUT2D eigenvalue weighted by Gasteiger charge is -2.12. The Balaban J connectivity index is 2.09. The third-order valence-corrected chi connectivity index (χ3v) is 2.76. The standard InChI is InChI=1S/C13H18N2O2/c1-3-17-12-7-6-10(8-11(12)14-2)15-13(16)9-4-5-9/h6-9,14H,3-5H2,1-2H3,(H,15,16). The van der Waals surface area contributed by atoms with Crippen LogP contribution in [0.3, 0.4) is 0 Å². The van der Waals surface area contributed by atoms with E-state index in [4.69, 9.17) is 4.74 Å². The molecule has 0 heterocycles. The lowest BCUT2D eigenvalue weighted by Crippen LogP contribution is -2.13. The van der Waals surface area contributed by atoms with E-state index in [1.807, 2.05) is 32.2 Å². The molecule has 17 heavy (non-hydrogen) atoms. The quantitative estimate of drug-likeness (QED) is 0.823. The number of hydrogen-bond donors (Lipinski definition) is 2. The van der Waals surface area contributed by atoms with E-state index in [1.54, 1.807) is 0 Å². The number of carbonyl (C=O) groups is 1. The molecule has 0 aliphatic heterocycles. The molecule has 92 valence electrons. The van der Waals surface area contributed by atoms with Gasteiger partial charge in [0.05, 0.1) is 12.3 Å². The van der Waals surface area contributed by atoms with Gasteiger partial charge in [-0.15, -0.1) is 0 Å². The molecule has 4 heteroatoms. The SMILES string of the molecule is CCOc1ccc(NC(=O)C2CC2)cc1NC. The third kappa shape index (κ3) is 2.90. The Labute approximate surface area is 101 Å². The topological polar surface area (TPSA) is 50.4 Å². The molecule has 2 rings (SSSR count). The first-order valence-electron chi connectivity index (χ1n) is 6.00. The van der Waals surface area contributed by atoms with Gasteiger partial charge < -0.3 is 15.4 Å². The second-order valence-electron chi connectivity index (χ2n) is 4.16. The van der Waals surface area contributed by atoms with Gasteiger partial charge in [-0.1, -0.05) is 0 Å². The number of carbonyl (C=O) groups excluding carboxylic acids is 1. The molecule has 0 spiro atoms. The van der Waals surface area contributed by atoms with Crippen molar-refractivity contribution in [3.05, 3.63) is 18.2 Å². The molecule has 4 nitrogen and oxygen atoms in total. The Morgan fingerprint density at radius 2 is 2.24 bits per heavy atom. The summed E-state index contributed by atoms with van der Waals surface area (Å²) in [6.45, 7) is 2.57. The van der Waals surface area contributed by atoms with Crippen LogP contribution in [0.2, 0.25) is 0 Å². The fourth-order valence-corrected chi connectivity index (χ4v) is 1.67. The molecule has 1 aromatic carbocycles. The molecular formula is C13H18N2O2. The van der Waals surface area contributed by atoms with Crippen LogP contribution in [-0.4, -0.2) is 19.6 Å². The number of ether oxygens (including phenoxy) is 1. The van der Waals surface area contributed by atoms with Gasteiger partial charge in [-0.25, -0.2) is 0 Å². The number of anilines is 2. The van der Waals surface area contributed by atoms with Gasteiger partial charge in [0.2, 0.25) is 5.91 Å². The molecular weight excluding hydrogens is 216 g/mol. The average Bonchev–Trinajstić information content (AvgIpc) is 3.15. The van der Waals surface area contributed by atoms with Gasteiger partial charge in [-0.3, -0.25) is 4.79 Å². The fraction of sp³-hybridized carbons (Fsp3) is 0.462. The number of hydrogen-bond acceptors (Lipinski definition) is 3. The summed E-state index contributed by atoms with van der Waals surface area (Å²) in [5.41, 5.74) is 1.70. The molecule has 1 fully saturated rings. The molecule has 1 saturated carbocycles. The van der Waals surface area contributed by atoms with Gasteiger partial charge in [0.1, 0.15) is 5.75 Å². The first-order chi connectivity index (χ1) is 8.24. The molecule has 0 unspecified atom stereocenters. The van der Waals surface area contributed by atoms with Crippen LogP contribution in [0.25, 0.3) is 0 Å². The minimum Gasteiger partial charge on any atom is -0.492 e. The summed E-state index contributed by atoms with van der Waals surface area (Å²) in [6, 6.07) is 5.63. The largest absolute Gasteiger partial charge is 0.492 e. The summed E-state index contributed by atoms with van der Waals surface area (Å²) in [5, 5.41) is 5.98. The van der Waals surface area contributed by atoms with Gasteiger partial charge in [-0.05, 0) is 38.0 Å². The van der Waals surface area contributed by atoms with E-state index in [9.17, 15) is 4.79 Å². The van der Waals surface area contributed by atoms with Gasteiger partial charge >= 0.3 is 0 Å². The second kappa shape index (κ2) is 5.08. The summed E-state index contributed by atoms with van der Waals surface area (Å²) in [6.07, 6.45) is 2.03. The number of rotatable bonds is 5. The molecule has 1 aliphatic carbocycles. The predicted octanol–water partition coefficient (Wildman–Crippen LogP) is 2.48. The van der Waals surface area contributed by atoms with Crippen LogP contribution in [0.5, 0.6) is 5.75 Å². The molecule has 2 N–H and O–H groups in total. The molecule has 0 bridgehead atoms. The van der Waals surface area contributed by atoms with Crippen molar-refractivity contribution in [3.8, 4) is 5.75 Å². The highest BCUT2D eigenvalue weighted by atomic mass is 16.5. The normalized spacial score (nSPS) is 14.2. The van der Waals surface area contributed by atoms with Crippen LogP contribution in [0.4, 0.5) is 11.4 Å². The summed E-state index contributed by atoms with van der Waals surface area (Å²) in [7, 11) is 1.84. The Kier molecular flexibility index (Phi) is 3.52. The van der Waals surface area contributed by atoms with E-state index in [-0.39, 0.29) is 11.8 Å². The Morgan fingerprint density at radius 1 is 1.47 bits per heavy atom. The van der Waals surface area contributed by atoms with Crippen LogP contribution >= 0.6 is 0 Å². The number of nitrogens with one attached hydrogen (secondary N) is 2. The van der Waals surface area contributed by atoms with Crippen LogP contribution < -0.4 is 15.4 Å². The Bertz CT molecular complexity index is 414. The summed E-state index contributed by atoms with van der Waals surface area (Å²) >= 11 is 0. The molecule has 1 aliphatic rings. The zero-order valence-electron chi connectivity index (χ0n) is 10.2. The van der Waals surface area contributed by atoms with E-state index in [0.29, 0.717) is 6.61 Å². The molecule has 1 aromatic rings. The van der Waals surface area contributed by atoms with E-state index in [0.717, 1.165) is 30.0 Å². The summed E-state index contributed by atoms with van der Waals surface area (Å²) in [5.74, 6) is 1.15. The zero-order chi connectivity index (χ0) is 12.3. The lowest BCUT2D eigenvalue weighted by molar-refractivity contribution is -0.117. The van der Waals surface area contributed by atoms with E-state index in [1.165, 1.54) is 0 Å². The Hall–Kier alpha value is -1.71. The molecule has 0 aromatic heterocycles. The average molecular weight is 234 g/mol. The minimum absolute atomic E-state index is 0.121. The van der Waals surface area contributed by atoms with Crippen LogP contribution in [0.15, 0.2) is 18.2 Å². The molecule has 1 amide bonds. The highest BCUT2D eigenvalue weighted by Crippen LogP contribution is 2.32. The van der Waals surface area contributed by atoms with Crippen molar-refractivity contribution in [1.82, 2.24) is 0 Å². The smallest absolute Gasteiger partial charge is 0.227 e. The lowest BCUT2D eigenvalue weighted by atomic mass is 10.2. The maximum absolute atomic E-state index is 11.6. The van der Waals surface area contributed by atoms with Gasteiger partial charge in [0.15, 0.2) is 0 Å². The highest BCUT2D eigenvalue weighted by molar-refractivity contribution is 5.94. The second-order valence-corrected chi connectivity index (χ2v) is 4.16. The monoisotopic (exact) mass is 234 g/mol. The van der Waals surface area contributed by atoms with Crippen LogP contribution in [0.1, 0.15) is 19.8 Å². The first-order valence-corrected chi connectivity index (χ1v) is 6.00. The third-order valence-electron chi connectivity index (χ3n) is 2.76. The van der Waals surface area contributed by atoms with Crippen molar-refractivity contribution < 1.29 is 9.53 Å². The summed E-state index contributed by atoms with van der Waals surface area (Å²) < 4.78 is 5.47. The molecule has 0 atom stereocenters. The first kappa shape index (κ1) is 11.8. The van der Waals surface area contributed by atoms with Gasteiger partial charge in [-0.2, -0.15) is 0 Å². The number of benzene rings is 1. The maximum Gasteiger partial charge on any atom is 0.227 e. The van der Waals surface area contributed by atoms with E-state index < -0.39 is 0 Å². The van der Waals surface area contributed by atoms with Crippen molar-refractivity contribution in [2.24, 2.45) is 5.92 Å². The van der Waals surface area contributed by atoms with Gasteiger partial charge in [0, 0.05) is 18.7 Å². The van der Waals surface area contributed by atoms with E-state index >= 15 is 0 Å². The summed E-state index contributed by atoms with van der Waals surface area (Å²) in [4.78, 5) is 11.6. The van der Waals surface area contributed by atoms with Crippen molar-refractivity contribution in [2.75, 3.05) is 24.3 Å². The minimum atomic E-state index is 0.121. The Morgan fingerprint density at radius 3 is 2.82 bits per heavy atom.